The topological polar surface area (TPSA) is 50.9 Å². The van der Waals surface area contributed by atoms with E-state index in [9.17, 15) is 5.11 Å². The van der Waals surface area contributed by atoms with Crippen LogP contribution in [0, 0.1) is 0 Å². The fraction of sp³-hybridized carbons (Fsp3) is 0.300. The van der Waals surface area contributed by atoms with Crippen molar-refractivity contribution in [1.29, 1.82) is 0 Å². The van der Waals surface area contributed by atoms with Crippen molar-refractivity contribution in [3.63, 3.8) is 0 Å². The van der Waals surface area contributed by atoms with Crippen molar-refractivity contribution in [2.45, 2.75) is 32.8 Å². The summed E-state index contributed by atoms with van der Waals surface area (Å²) in [7, 11) is 1.90. The van der Waals surface area contributed by atoms with E-state index in [4.69, 9.17) is 0 Å². The van der Waals surface area contributed by atoms with E-state index >= 15 is 0 Å². The van der Waals surface area contributed by atoms with E-state index < -0.39 is 6.10 Å². The van der Waals surface area contributed by atoms with Gasteiger partial charge in [-0.15, -0.1) is 5.10 Å². The molecule has 4 nitrogen and oxygen atoms in total. The third-order valence-electron chi connectivity index (χ3n) is 4.44. The molecule has 0 amide bonds. The zero-order valence-electron chi connectivity index (χ0n) is 14.4. The molecule has 0 saturated carbocycles. The summed E-state index contributed by atoms with van der Waals surface area (Å²) in [4.78, 5) is 0. The molecule has 1 unspecified atom stereocenters. The number of aryl methyl sites for hydroxylation is 2. The second-order valence-corrected chi connectivity index (χ2v) is 5.93. The van der Waals surface area contributed by atoms with E-state index in [1.165, 1.54) is 5.56 Å². The molecule has 0 aliphatic carbocycles. The molecule has 0 bridgehead atoms. The molecule has 0 spiro atoms. The summed E-state index contributed by atoms with van der Waals surface area (Å²) < 4.78 is 1.79. The molecule has 124 valence electrons. The summed E-state index contributed by atoms with van der Waals surface area (Å²) in [5, 5.41) is 19.1. The Kier molecular flexibility index (Phi) is 4.76. The molecule has 0 aliphatic rings. The number of nitrogens with zero attached hydrogens (tertiary/aromatic N) is 3. The SMILES string of the molecule is CCc1ccccc1-c1nnn(C)c1-c1ccccc1C(O)CC. The predicted octanol–water partition coefficient (Wildman–Crippen LogP) is 4.15. The zero-order chi connectivity index (χ0) is 17.1. The van der Waals surface area contributed by atoms with Crippen LogP contribution >= 0.6 is 0 Å². The fourth-order valence-electron chi connectivity index (χ4n) is 3.12. The highest BCUT2D eigenvalue weighted by Gasteiger charge is 2.21. The number of benzene rings is 2. The van der Waals surface area contributed by atoms with Gasteiger partial charge in [0, 0.05) is 18.2 Å². The first-order valence-corrected chi connectivity index (χ1v) is 8.42. The van der Waals surface area contributed by atoms with E-state index in [0.717, 1.165) is 34.5 Å². The minimum absolute atomic E-state index is 0.495. The third kappa shape index (κ3) is 2.85. The smallest absolute Gasteiger partial charge is 0.121 e. The molecule has 24 heavy (non-hydrogen) atoms. The number of hydrogen-bond donors (Lipinski definition) is 1. The van der Waals surface area contributed by atoms with Gasteiger partial charge in [-0.05, 0) is 24.0 Å². The zero-order valence-corrected chi connectivity index (χ0v) is 14.4. The van der Waals surface area contributed by atoms with Gasteiger partial charge in [-0.3, -0.25) is 0 Å². The van der Waals surface area contributed by atoms with E-state index in [1.807, 2.05) is 50.4 Å². The van der Waals surface area contributed by atoms with Gasteiger partial charge in [-0.1, -0.05) is 67.6 Å². The van der Waals surface area contributed by atoms with Gasteiger partial charge in [-0.2, -0.15) is 0 Å². The minimum Gasteiger partial charge on any atom is -0.388 e. The Hall–Kier alpha value is -2.46. The normalized spacial score (nSPS) is 12.3. The van der Waals surface area contributed by atoms with Crippen LogP contribution in [0.3, 0.4) is 0 Å². The molecule has 0 radical (unpaired) electrons. The molecule has 1 N–H and O–H groups in total. The van der Waals surface area contributed by atoms with Gasteiger partial charge < -0.3 is 5.11 Å². The quantitative estimate of drug-likeness (QED) is 0.768. The van der Waals surface area contributed by atoms with Crippen LogP contribution in [0.15, 0.2) is 48.5 Å². The van der Waals surface area contributed by atoms with Crippen LogP contribution in [0.4, 0.5) is 0 Å². The molecule has 0 saturated heterocycles. The lowest BCUT2D eigenvalue weighted by Gasteiger charge is -2.15. The van der Waals surface area contributed by atoms with Gasteiger partial charge in [0.1, 0.15) is 5.69 Å². The fourth-order valence-corrected chi connectivity index (χ4v) is 3.12. The van der Waals surface area contributed by atoms with E-state index in [0.29, 0.717) is 6.42 Å². The van der Waals surface area contributed by atoms with Gasteiger partial charge in [0.2, 0.25) is 0 Å². The maximum atomic E-state index is 10.4. The molecule has 1 atom stereocenters. The molecular formula is C20H23N3O. The van der Waals surface area contributed by atoms with Crippen molar-refractivity contribution in [3.8, 4) is 22.5 Å². The van der Waals surface area contributed by atoms with E-state index in [-0.39, 0.29) is 0 Å². The first kappa shape index (κ1) is 16.4. The average molecular weight is 321 g/mol. The number of aliphatic hydroxyl groups is 1. The molecule has 2 aromatic carbocycles. The van der Waals surface area contributed by atoms with Crippen molar-refractivity contribution in [1.82, 2.24) is 15.0 Å². The van der Waals surface area contributed by atoms with Crippen LogP contribution in [-0.4, -0.2) is 20.1 Å². The first-order valence-electron chi connectivity index (χ1n) is 8.42. The van der Waals surface area contributed by atoms with E-state index in [2.05, 4.69) is 29.4 Å². The number of rotatable bonds is 5. The maximum Gasteiger partial charge on any atom is 0.121 e. The van der Waals surface area contributed by atoms with Crippen LogP contribution in [0.25, 0.3) is 22.5 Å². The Bertz CT molecular complexity index is 838. The van der Waals surface area contributed by atoms with Crippen molar-refractivity contribution in [3.05, 3.63) is 59.7 Å². The highest BCUT2D eigenvalue weighted by Crippen LogP contribution is 2.36. The third-order valence-corrected chi connectivity index (χ3v) is 4.44. The summed E-state index contributed by atoms with van der Waals surface area (Å²) in [6.07, 6.45) is 1.11. The standard InChI is InChI=1S/C20H23N3O/c1-4-14-10-6-7-11-15(14)19-20(23(3)22-21-19)17-13-9-8-12-16(17)18(24)5-2/h6-13,18,24H,4-5H2,1-3H3. The Labute approximate surface area is 142 Å². The van der Waals surface area contributed by atoms with Gasteiger partial charge in [0.25, 0.3) is 0 Å². The lowest BCUT2D eigenvalue weighted by molar-refractivity contribution is 0.174. The molecule has 4 heteroatoms. The van der Waals surface area contributed by atoms with Gasteiger partial charge in [0.15, 0.2) is 0 Å². The monoisotopic (exact) mass is 321 g/mol. The number of hydrogen-bond acceptors (Lipinski definition) is 3. The minimum atomic E-state index is -0.495. The molecule has 1 aromatic heterocycles. The van der Waals surface area contributed by atoms with Crippen LogP contribution < -0.4 is 0 Å². The van der Waals surface area contributed by atoms with E-state index in [1.54, 1.807) is 4.68 Å². The van der Waals surface area contributed by atoms with Crippen molar-refractivity contribution in [2.75, 3.05) is 0 Å². The van der Waals surface area contributed by atoms with Crippen molar-refractivity contribution < 1.29 is 5.11 Å². The summed E-state index contributed by atoms with van der Waals surface area (Å²) in [5.74, 6) is 0. The Morgan fingerprint density at radius 2 is 1.67 bits per heavy atom. The second kappa shape index (κ2) is 6.97. The second-order valence-electron chi connectivity index (χ2n) is 5.93. The molecule has 0 fully saturated rings. The lowest BCUT2D eigenvalue weighted by atomic mass is 9.94. The van der Waals surface area contributed by atoms with Gasteiger partial charge in [-0.25, -0.2) is 4.68 Å². The van der Waals surface area contributed by atoms with Crippen LogP contribution in [0.5, 0.6) is 0 Å². The highest BCUT2D eigenvalue weighted by molar-refractivity contribution is 5.81. The highest BCUT2D eigenvalue weighted by atomic mass is 16.3. The van der Waals surface area contributed by atoms with Crippen LogP contribution in [-0.2, 0) is 13.5 Å². The average Bonchev–Trinajstić information content (AvgIpc) is 3.02. The molecule has 0 aliphatic heterocycles. The molecule has 1 heterocycles. The molecule has 3 aromatic rings. The molecular weight excluding hydrogens is 298 g/mol. The summed E-state index contributed by atoms with van der Waals surface area (Å²) >= 11 is 0. The van der Waals surface area contributed by atoms with Gasteiger partial charge in [0.05, 0.1) is 11.8 Å². The van der Waals surface area contributed by atoms with Crippen molar-refractivity contribution in [2.24, 2.45) is 7.05 Å². The predicted molar refractivity (Wildman–Crippen MR) is 96.5 cm³/mol. The Balaban J connectivity index is 2.23. The van der Waals surface area contributed by atoms with Gasteiger partial charge >= 0.3 is 0 Å². The van der Waals surface area contributed by atoms with Crippen LogP contribution in [0.1, 0.15) is 37.5 Å². The largest absolute Gasteiger partial charge is 0.388 e. The summed E-state index contributed by atoms with van der Waals surface area (Å²) in [5.41, 5.74) is 6.06. The number of aromatic nitrogens is 3. The maximum absolute atomic E-state index is 10.4. The first-order chi connectivity index (χ1) is 11.7. The van der Waals surface area contributed by atoms with Crippen LogP contribution in [0.2, 0.25) is 0 Å². The Morgan fingerprint density at radius 1 is 1.00 bits per heavy atom. The molecule has 3 rings (SSSR count). The lowest BCUT2D eigenvalue weighted by Crippen LogP contribution is -2.02. The summed E-state index contributed by atoms with van der Waals surface area (Å²) in [6.45, 7) is 4.12. The number of aliphatic hydroxyl groups excluding tert-OH is 1. The van der Waals surface area contributed by atoms with Crippen molar-refractivity contribution >= 4 is 0 Å². The summed E-state index contributed by atoms with van der Waals surface area (Å²) in [6, 6.07) is 16.3. The Morgan fingerprint density at radius 3 is 2.38 bits per heavy atom.